The summed E-state index contributed by atoms with van der Waals surface area (Å²) in [7, 11) is 1.68. The first-order valence-corrected chi connectivity index (χ1v) is 10.0. The predicted octanol–water partition coefficient (Wildman–Crippen LogP) is 0.620. The lowest BCUT2D eigenvalue weighted by Crippen LogP contribution is -2.51. The first-order valence-electron chi connectivity index (χ1n) is 10.0. The second kappa shape index (κ2) is 9.80. The number of aromatic nitrogens is 1. The Morgan fingerprint density at radius 1 is 1.19 bits per heavy atom. The normalized spacial score (nSPS) is 22.3. The van der Waals surface area contributed by atoms with E-state index in [2.05, 4.69) is 25.4 Å². The number of likely N-dealkylation sites (N-methyl/N-ethyl adjacent to an activating group) is 1. The molecule has 2 N–H and O–H groups in total. The Labute approximate surface area is 161 Å². The van der Waals surface area contributed by atoms with E-state index in [1.54, 1.807) is 13.2 Å². The van der Waals surface area contributed by atoms with Crippen molar-refractivity contribution in [2.45, 2.75) is 38.3 Å². The molecule has 27 heavy (non-hydrogen) atoms. The van der Waals surface area contributed by atoms with Crippen LogP contribution >= 0.6 is 0 Å². The highest BCUT2D eigenvalue weighted by Crippen LogP contribution is 2.24. The van der Waals surface area contributed by atoms with Gasteiger partial charge in [0.1, 0.15) is 0 Å². The van der Waals surface area contributed by atoms with Crippen LogP contribution in [0.15, 0.2) is 24.4 Å². The monoisotopic (exact) mass is 373 g/mol. The Hall–Kier alpha value is -1.99. The Bertz CT molecular complexity index is 616. The molecule has 2 amide bonds. The van der Waals surface area contributed by atoms with Crippen molar-refractivity contribution in [3.8, 4) is 0 Å². The lowest BCUT2D eigenvalue weighted by Gasteiger charge is -2.41. The molecule has 7 nitrogen and oxygen atoms in total. The quantitative estimate of drug-likeness (QED) is 0.764. The van der Waals surface area contributed by atoms with Crippen LogP contribution in [0.1, 0.15) is 31.4 Å². The minimum atomic E-state index is 0.0614. The predicted molar refractivity (Wildman–Crippen MR) is 104 cm³/mol. The van der Waals surface area contributed by atoms with Crippen LogP contribution < -0.4 is 10.6 Å². The van der Waals surface area contributed by atoms with Crippen molar-refractivity contribution >= 4 is 11.8 Å². The fourth-order valence-electron chi connectivity index (χ4n) is 4.10. The zero-order valence-corrected chi connectivity index (χ0v) is 16.2. The van der Waals surface area contributed by atoms with Gasteiger partial charge in [-0.05, 0) is 44.4 Å². The van der Waals surface area contributed by atoms with Gasteiger partial charge in [0.25, 0.3) is 0 Å². The molecule has 1 aromatic rings. The summed E-state index contributed by atoms with van der Waals surface area (Å²) in [5.41, 5.74) is 0.891. The average molecular weight is 374 g/mol. The number of pyridine rings is 1. The largest absolute Gasteiger partial charge is 0.358 e. The van der Waals surface area contributed by atoms with Gasteiger partial charge in [-0.3, -0.25) is 24.4 Å². The maximum Gasteiger partial charge on any atom is 0.233 e. The fraction of sp³-hybridized carbons (Fsp3) is 0.650. The molecule has 0 spiro atoms. The lowest BCUT2D eigenvalue weighted by atomic mass is 9.93. The number of carbonyl (C=O) groups is 2. The van der Waals surface area contributed by atoms with Gasteiger partial charge in [0.2, 0.25) is 11.8 Å². The van der Waals surface area contributed by atoms with Crippen LogP contribution in [0.4, 0.5) is 0 Å². The third-order valence-electron chi connectivity index (χ3n) is 5.71. The summed E-state index contributed by atoms with van der Waals surface area (Å²) in [5, 5.41) is 5.74. The number of rotatable bonds is 6. The van der Waals surface area contributed by atoms with Gasteiger partial charge >= 0.3 is 0 Å². The van der Waals surface area contributed by atoms with Crippen LogP contribution in [-0.4, -0.2) is 72.4 Å². The van der Waals surface area contributed by atoms with Gasteiger partial charge in [-0.1, -0.05) is 6.07 Å². The molecule has 3 rings (SSSR count). The van der Waals surface area contributed by atoms with E-state index in [1.807, 2.05) is 18.2 Å². The standard InChI is InChI=1S/C20H31N5O2/c1-21-19(26)15-24-11-7-18(8-12-24)25-10-4-5-16(14-25)20(27)23-13-17-6-2-3-9-22-17/h2-3,6,9,16,18H,4-5,7-8,10-15H2,1H3,(H,21,26)(H,23,27)/t16-/m0/s1. The number of nitrogens with one attached hydrogen (secondary N) is 2. The maximum atomic E-state index is 12.6. The highest BCUT2D eigenvalue weighted by molar-refractivity contribution is 5.79. The summed E-state index contributed by atoms with van der Waals surface area (Å²) in [6.45, 7) is 4.80. The van der Waals surface area contributed by atoms with Crippen molar-refractivity contribution < 1.29 is 9.59 Å². The molecule has 0 aromatic carbocycles. The summed E-state index contributed by atoms with van der Waals surface area (Å²) >= 11 is 0. The Morgan fingerprint density at radius 2 is 2.00 bits per heavy atom. The topological polar surface area (TPSA) is 77.6 Å². The van der Waals surface area contributed by atoms with Crippen LogP contribution in [0.3, 0.4) is 0 Å². The first-order chi connectivity index (χ1) is 13.2. The average Bonchev–Trinajstić information content (AvgIpc) is 2.73. The summed E-state index contributed by atoms with van der Waals surface area (Å²) in [6.07, 6.45) is 5.92. The second-order valence-corrected chi connectivity index (χ2v) is 7.55. The van der Waals surface area contributed by atoms with Crippen LogP contribution in [0.5, 0.6) is 0 Å². The third-order valence-corrected chi connectivity index (χ3v) is 5.71. The van der Waals surface area contributed by atoms with Crippen LogP contribution in [0.25, 0.3) is 0 Å². The van der Waals surface area contributed by atoms with Gasteiger partial charge in [0, 0.05) is 38.9 Å². The zero-order chi connectivity index (χ0) is 19.1. The molecule has 2 aliphatic heterocycles. The number of nitrogens with zero attached hydrogens (tertiary/aromatic N) is 3. The van der Waals surface area contributed by atoms with Gasteiger partial charge < -0.3 is 10.6 Å². The van der Waals surface area contributed by atoms with Crippen molar-refractivity contribution in [2.24, 2.45) is 5.92 Å². The number of piperidine rings is 2. The van der Waals surface area contributed by atoms with Gasteiger partial charge in [-0.15, -0.1) is 0 Å². The number of amides is 2. The summed E-state index contributed by atoms with van der Waals surface area (Å²) < 4.78 is 0. The molecule has 0 saturated carbocycles. The smallest absolute Gasteiger partial charge is 0.233 e. The van der Waals surface area contributed by atoms with E-state index in [9.17, 15) is 9.59 Å². The Balaban J connectivity index is 1.44. The molecule has 2 aliphatic rings. The van der Waals surface area contributed by atoms with Gasteiger partial charge in [-0.2, -0.15) is 0 Å². The Morgan fingerprint density at radius 3 is 2.70 bits per heavy atom. The lowest BCUT2D eigenvalue weighted by molar-refractivity contribution is -0.127. The second-order valence-electron chi connectivity index (χ2n) is 7.55. The molecule has 0 unspecified atom stereocenters. The van der Waals surface area contributed by atoms with E-state index in [1.165, 1.54) is 0 Å². The number of hydrogen-bond donors (Lipinski definition) is 2. The molecule has 1 aromatic heterocycles. The van der Waals surface area contributed by atoms with Crippen LogP contribution in [-0.2, 0) is 16.1 Å². The molecule has 1 atom stereocenters. The Kier molecular flexibility index (Phi) is 7.18. The fourth-order valence-corrected chi connectivity index (χ4v) is 4.10. The molecule has 2 fully saturated rings. The minimum absolute atomic E-state index is 0.0614. The molecule has 0 aliphatic carbocycles. The minimum Gasteiger partial charge on any atom is -0.358 e. The number of likely N-dealkylation sites (tertiary alicyclic amines) is 2. The summed E-state index contributed by atoms with van der Waals surface area (Å²) in [6, 6.07) is 6.27. The van der Waals surface area contributed by atoms with E-state index < -0.39 is 0 Å². The van der Waals surface area contributed by atoms with Crippen molar-refractivity contribution in [3.63, 3.8) is 0 Å². The number of carbonyl (C=O) groups excluding carboxylic acids is 2. The molecule has 2 saturated heterocycles. The zero-order valence-electron chi connectivity index (χ0n) is 16.2. The first kappa shape index (κ1) is 19.8. The highest BCUT2D eigenvalue weighted by atomic mass is 16.2. The molecule has 7 heteroatoms. The van der Waals surface area contributed by atoms with E-state index >= 15 is 0 Å². The van der Waals surface area contributed by atoms with Gasteiger partial charge in [0.15, 0.2) is 0 Å². The third kappa shape index (κ3) is 5.74. The number of hydrogen-bond acceptors (Lipinski definition) is 5. The highest BCUT2D eigenvalue weighted by Gasteiger charge is 2.31. The van der Waals surface area contributed by atoms with Gasteiger partial charge in [-0.25, -0.2) is 0 Å². The van der Waals surface area contributed by atoms with Crippen molar-refractivity contribution in [3.05, 3.63) is 30.1 Å². The summed E-state index contributed by atoms with van der Waals surface area (Å²) in [5.74, 6) is 0.282. The molecular weight excluding hydrogens is 342 g/mol. The van der Waals surface area contributed by atoms with E-state index in [-0.39, 0.29) is 17.7 Å². The summed E-state index contributed by atoms with van der Waals surface area (Å²) in [4.78, 5) is 33.1. The molecule has 148 valence electrons. The van der Waals surface area contributed by atoms with Crippen LogP contribution in [0, 0.1) is 5.92 Å². The maximum absolute atomic E-state index is 12.6. The van der Waals surface area contributed by atoms with Crippen molar-refractivity contribution in [2.75, 3.05) is 39.8 Å². The molecular formula is C20H31N5O2. The van der Waals surface area contributed by atoms with Crippen molar-refractivity contribution in [1.82, 2.24) is 25.4 Å². The van der Waals surface area contributed by atoms with Crippen LogP contribution in [0.2, 0.25) is 0 Å². The SMILES string of the molecule is CNC(=O)CN1CCC(N2CCC[C@H](C(=O)NCc3ccccn3)C2)CC1. The van der Waals surface area contributed by atoms with E-state index in [0.29, 0.717) is 19.1 Å². The van der Waals surface area contributed by atoms with E-state index in [0.717, 1.165) is 57.6 Å². The van der Waals surface area contributed by atoms with Crippen molar-refractivity contribution in [1.29, 1.82) is 0 Å². The molecule has 0 bridgehead atoms. The van der Waals surface area contributed by atoms with Gasteiger partial charge in [0.05, 0.1) is 24.7 Å². The molecule has 0 radical (unpaired) electrons. The molecule has 3 heterocycles. The van der Waals surface area contributed by atoms with E-state index in [4.69, 9.17) is 0 Å².